The van der Waals surface area contributed by atoms with Gasteiger partial charge in [-0.3, -0.25) is 4.79 Å². The molecule has 0 aliphatic rings. The molecule has 0 saturated carbocycles. The van der Waals surface area contributed by atoms with Crippen LogP contribution in [-0.2, 0) is 16.6 Å². The summed E-state index contributed by atoms with van der Waals surface area (Å²) in [6.45, 7) is 6.51. The topological polar surface area (TPSA) is 37.3 Å². The first-order valence-corrected chi connectivity index (χ1v) is 7.41. The van der Waals surface area contributed by atoms with Crippen molar-refractivity contribution in [2.45, 2.75) is 45.4 Å². The van der Waals surface area contributed by atoms with Crippen LogP contribution in [0, 0.1) is 5.92 Å². The fourth-order valence-electron chi connectivity index (χ4n) is 2.10. The second kappa shape index (κ2) is 6.99. The Morgan fingerprint density at radius 2 is 2.05 bits per heavy atom. The molecule has 0 amide bonds. The van der Waals surface area contributed by atoms with Crippen LogP contribution in [0.3, 0.4) is 0 Å². The fourth-order valence-corrected chi connectivity index (χ4v) is 2.28. The van der Waals surface area contributed by atoms with Gasteiger partial charge in [-0.05, 0) is 41.6 Å². The Labute approximate surface area is 121 Å². The molecule has 1 rings (SSSR count). The Morgan fingerprint density at radius 1 is 1.37 bits per heavy atom. The second-order valence-corrected chi connectivity index (χ2v) is 6.50. The first kappa shape index (κ1) is 16.1. The highest BCUT2D eigenvalue weighted by Gasteiger charge is 2.19. The van der Waals surface area contributed by atoms with Crippen LogP contribution in [0.15, 0.2) is 24.3 Å². The number of aliphatic carboxylic acids is 1. The Hall–Kier alpha value is -0.960. The maximum atomic E-state index is 11.3. The first-order chi connectivity index (χ1) is 8.84. The van der Waals surface area contributed by atoms with Crippen molar-refractivity contribution in [1.82, 2.24) is 0 Å². The van der Waals surface area contributed by atoms with E-state index in [1.807, 2.05) is 12.1 Å². The number of hydrogen-bond acceptors (Lipinski definition) is 2. The van der Waals surface area contributed by atoms with E-state index in [0.29, 0.717) is 12.8 Å². The second-order valence-electron chi connectivity index (χ2n) is 6.06. The van der Waals surface area contributed by atoms with Gasteiger partial charge in [0.15, 0.2) is 0 Å². The van der Waals surface area contributed by atoms with Gasteiger partial charge in [0, 0.05) is 0 Å². The molecule has 0 radical (unpaired) electrons. The molecule has 0 heterocycles. The molecule has 1 unspecified atom stereocenters. The summed E-state index contributed by atoms with van der Waals surface area (Å²) in [6, 6.07) is 8.28. The first-order valence-electron chi connectivity index (χ1n) is 6.77. The average Bonchev–Trinajstić information content (AvgIpc) is 2.33. The van der Waals surface area contributed by atoms with Crippen molar-refractivity contribution in [1.29, 1.82) is 0 Å². The monoisotopic (exact) mass is 280 g/mol. The Balaban J connectivity index is 2.82. The van der Waals surface area contributed by atoms with E-state index < -0.39 is 5.97 Å². The third-order valence-corrected chi connectivity index (χ3v) is 3.65. The third-order valence-electron chi connectivity index (χ3n) is 3.34. The summed E-state index contributed by atoms with van der Waals surface area (Å²) in [6.07, 6.45) is 2.14. The van der Waals surface area contributed by atoms with E-state index in [1.165, 1.54) is 5.56 Å². The smallest absolute Gasteiger partial charge is 0.306 e. The molecule has 1 N–H and O–H groups in total. The number of hydrogen-bond donors (Lipinski definition) is 2. The molecule has 2 nitrogen and oxygen atoms in total. The van der Waals surface area contributed by atoms with E-state index in [4.69, 9.17) is 0 Å². The lowest BCUT2D eigenvalue weighted by Gasteiger charge is -2.20. The number of carbonyl (C=O) groups is 1. The van der Waals surface area contributed by atoms with Gasteiger partial charge in [0.2, 0.25) is 0 Å². The molecule has 0 aromatic heterocycles. The predicted octanol–water partition coefficient (Wildman–Crippen LogP) is 3.94. The minimum Gasteiger partial charge on any atom is -0.481 e. The molecule has 1 aromatic rings. The van der Waals surface area contributed by atoms with Gasteiger partial charge in [0.25, 0.3) is 0 Å². The quantitative estimate of drug-likeness (QED) is 0.775. The van der Waals surface area contributed by atoms with Gasteiger partial charge >= 0.3 is 5.97 Å². The van der Waals surface area contributed by atoms with Crippen LogP contribution in [0.1, 0.15) is 44.7 Å². The van der Waals surface area contributed by atoms with Crippen molar-refractivity contribution in [2.75, 3.05) is 5.75 Å². The molecule has 0 bridgehead atoms. The minimum atomic E-state index is -0.706. The lowest BCUT2D eigenvalue weighted by atomic mass is 9.85. The predicted molar refractivity (Wildman–Crippen MR) is 83.1 cm³/mol. The van der Waals surface area contributed by atoms with E-state index in [1.54, 1.807) is 0 Å². The summed E-state index contributed by atoms with van der Waals surface area (Å²) in [5.41, 5.74) is 2.46. The molecule has 0 aliphatic carbocycles. The van der Waals surface area contributed by atoms with Crippen LogP contribution in [0.2, 0.25) is 0 Å². The van der Waals surface area contributed by atoms with E-state index in [0.717, 1.165) is 17.7 Å². The number of benzene rings is 1. The van der Waals surface area contributed by atoms with Crippen LogP contribution < -0.4 is 0 Å². The summed E-state index contributed by atoms with van der Waals surface area (Å²) < 4.78 is 0. The maximum absolute atomic E-state index is 11.3. The Kier molecular flexibility index (Phi) is 5.92. The zero-order valence-electron chi connectivity index (χ0n) is 12.0. The SMILES string of the molecule is CC(C)(C)c1cccc(CC(CCCS)C(=O)O)c1. The lowest BCUT2D eigenvalue weighted by Crippen LogP contribution is -2.17. The molecular weight excluding hydrogens is 256 g/mol. The van der Waals surface area contributed by atoms with Crippen molar-refractivity contribution < 1.29 is 9.90 Å². The number of thiol groups is 1. The van der Waals surface area contributed by atoms with Crippen LogP contribution in [-0.4, -0.2) is 16.8 Å². The Bertz CT molecular complexity index is 421. The van der Waals surface area contributed by atoms with Crippen molar-refractivity contribution in [3.8, 4) is 0 Å². The molecule has 1 aromatic carbocycles. The average molecular weight is 280 g/mol. The molecule has 19 heavy (non-hydrogen) atoms. The van der Waals surface area contributed by atoms with E-state index in [9.17, 15) is 9.90 Å². The van der Waals surface area contributed by atoms with Crippen LogP contribution in [0.5, 0.6) is 0 Å². The molecule has 0 spiro atoms. The van der Waals surface area contributed by atoms with E-state index >= 15 is 0 Å². The summed E-state index contributed by atoms with van der Waals surface area (Å²) in [4.78, 5) is 11.3. The van der Waals surface area contributed by atoms with Crippen molar-refractivity contribution >= 4 is 18.6 Å². The third kappa shape index (κ3) is 5.27. The highest BCUT2D eigenvalue weighted by atomic mass is 32.1. The Morgan fingerprint density at radius 3 is 2.58 bits per heavy atom. The molecule has 0 saturated heterocycles. The van der Waals surface area contributed by atoms with E-state index in [-0.39, 0.29) is 11.3 Å². The summed E-state index contributed by atoms with van der Waals surface area (Å²) in [7, 11) is 0. The van der Waals surface area contributed by atoms with Gasteiger partial charge < -0.3 is 5.11 Å². The maximum Gasteiger partial charge on any atom is 0.306 e. The number of carboxylic acids is 1. The summed E-state index contributed by atoms with van der Waals surface area (Å²) in [5.74, 6) is -0.267. The molecule has 0 fully saturated rings. The van der Waals surface area contributed by atoms with Gasteiger partial charge in [-0.25, -0.2) is 0 Å². The van der Waals surface area contributed by atoms with Gasteiger partial charge in [-0.15, -0.1) is 0 Å². The normalized spacial score (nSPS) is 13.3. The molecule has 0 aliphatic heterocycles. The summed E-state index contributed by atoms with van der Waals surface area (Å²) in [5, 5.41) is 9.27. The largest absolute Gasteiger partial charge is 0.481 e. The van der Waals surface area contributed by atoms with E-state index in [2.05, 4.69) is 45.5 Å². The van der Waals surface area contributed by atoms with Gasteiger partial charge in [0.05, 0.1) is 5.92 Å². The zero-order valence-corrected chi connectivity index (χ0v) is 12.9. The summed E-state index contributed by atoms with van der Waals surface area (Å²) >= 11 is 4.15. The van der Waals surface area contributed by atoms with Crippen molar-refractivity contribution in [2.24, 2.45) is 5.92 Å². The van der Waals surface area contributed by atoms with Crippen LogP contribution in [0.4, 0.5) is 0 Å². The number of rotatable bonds is 6. The van der Waals surface area contributed by atoms with Crippen molar-refractivity contribution in [3.63, 3.8) is 0 Å². The zero-order chi connectivity index (χ0) is 14.5. The molecular formula is C16H24O2S. The van der Waals surface area contributed by atoms with Crippen LogP contribution in [0.25, 0.3) is 0 Å². The minimum absolute atomic E-state index is 0.0971. The highest BCUT2D eigenvalue weighted by Crippen LogP contribution is 2.24. The molecule has 106 valence electrons. The fraction of sp³-hybridized carbons (Fsp3) is 0.562. The van der Waals surface area contributed by atoms with Gasteiger partial charge in [-0.2, -0.15) is 12.6 Å². The van der Waals surface area contributed by atoms with Crippen molar-refractivity contribution in [3.05, 3.63) is 35.4 Å². The molecule has 1 atom stereocenters. The highest BCUT2D eigenvalue weighted by molar-refractivity contribution is 7.80. The van der Waals surface area contributed by atoms with Gasteiger partial charge in [-0.1, -0.05) is 45.0 Å². The lowest BCUT2D eigenvalue weighted by molar-refractivity contribution is -0.141. The molecule has 3 heteroatoms. The standard InChI is InChI=1S/C16H24O2S/c1-16(2,3)14-8-4-6-12(11-14)10-13(15(17)18)7-5-9-19/h4,6,8,11,13,19H,5,7,9-10H2,1-3H3,(H,17,18). The van der Waals surface area contributed by atoms with Crippen LogP contribution >= 0.6 is 12.6 Å². The van der Waals surface area contributed by atoms with Gasteiger partial charge in [0.1, 0.15) is 0 Å². The number of carboxylic acid groups (broad SMARTS) is 1.